The maximum atomic E-state index is 4.28. The van der Waals surface area contributed by atoms with Gasteiger partial charge in [-0.2, -0.15) is 0 Å². The molecule has 0 spiro atoms. The summed E-state index contributed by atoms with van der Waals surface area (Å²) in [6.45, 7) is 4.74. The molecule has 1 saturated heterocycles. The second-order valence-corrected chi connectivity index (χ2v) is 2.68. The van der Waals surface area contributed by atoms with Crippen LogP contribution in [0.25, 0.3) is 6.08 Å². The molecule has 2 heterocycles. The molecule has 0 saturated carbocycles. The Balaban J connectivity index is 2.25. The lowest BCUT2D eigenvalue weighted by atomic mass is 10.2. The van der Waals surface area contributed by atoms with E-state index in [1.807, 2.05) is 18.3 Å². The van der Waals surface area contributed by atoms with Crippen LogP contribution in [0.4, 0.5) is 0 Å². The lowest BCUT2D eigenvalue weighted by Gasteiger charge is -1.95. The molecule has 1 aliphatic heterocycles. The van der Waals surface area contributed by atoms with Crippen LogP contribution in [-0.4, -0.2) is 11.5 Å². The number of hydrogen-bond donors (Lipinski definition) is 1. The fourth-order valence-corrected chi connectivity index (χ4v) is 1.01. The molecular weight excluding hydrogens is 136 g/mol. The summed E-state index contributed by atoms with van der Waals surface area (Å²) in [5.41, 5.74) is 2.21. The first kappa shape index (κ1) is 6.55. The first-order valence-corrected chi connectivity index (χ1v) is 3.72. The summed E-state index contributed by atoms with van der Waals surface area (Å²) in [4.78, 5) is 4.28. The summed E-state index contributed by atoms with van der Waals surface area (Å²) in [7, 11) is 0. The van der Waals surface area contributed by atoms with Gasteiger partial charge in [-0.05, 0) is 11.6 Å². The molecule has 0 aromatic carbocycles. The zero-order chi connectivity index (χ0) is 7.68. The Labute approximate surface area is 66.0 Å². The smallest absolute Gasteiger partial charge is 0.0622 e. The minimum absolute atomic E-state index is 0.508. The van der Waals surface area contributed by atoms with Gasteiger partial charge in [0.2, 0.25) is 0 Å². The van der Waals surface area contributed by atoms with Gasteiger partial charge >= 0.3 is 0 Å². The highest BCUT2D eigenvalue weighted by Crippen LogP contribution is 2.18. The molecule has 1 N–H and O–H groups in total. The third-order valence-electron chi connectivity index (χ3n) is 1.81. The summed E-state index contributed by atoms with van der Waals surface area (Å²) in [6.07, 6.45) is 3.65. The van der Waals surface area contributed by atoms with Crippen molar-refractivity contribution in [1.29, 1.82) is 0 Å². The predicted molar refractivity (Wildman–Crippen MR) is 45.1 cm³/mol. The van der Waals surface area contributed by atoms with Gasteiger partial charge in [0.05, 0.1) is 11.7 Å². The third kappa shape index (κ3) is 1.30. The predicted octanol–water partition coefficient (Wildman–Crippen LogP) is 1.37. The van der Waals surface area contributed by atoms with Gasteiger partial charge in [0.15, 0.2) is 0 Å². The SMILES string of the molecule is C=Cc1ccc([C@@H]2CN2)nc1. The molecule has 1 atom stereocenters. The molecule has 1 aromatic heterocycles. The lowest BCUT2D eigenvalue weighted by molar-refractivity contribution is 0.992. The zero-order valence-electron chi connectivity index (χ0n) is 6.25. The second-order valence-electron chi connectivity index (χ2n) is 2.68. The molecule has 2 nitrogen and oxygen atoms in total. The molecule has 0 aliphatic carbocycles. The van der Waals surface area contributed by atoms with E-state index in [-0.39, 0.29) is 0 Å². The van der Waals surface area contributed by atoms with Crippen molar-refractivity contribution in [3.05, 3.63) is 36.2 Å². The Bertz CT molecular complexity index is 259. The van der Waals surface area contributed by atoms with Crippen molar-refractivity contribution in [2.75, 3.05) is 6.54 Å². The first-order valence-electron chi connectivity index (χ1n) is 3.72. The monoisotopic (exact) mass is 146 g/mol. The van der Waals surface area contributed by atoms with Crippen LogP contribution in [-0.2, 0) is 0 Å². The topological polar surface area (TPSA) is 34.8 Å². The van der Waals surface area contributed by atoms with Crippen molar-refractivity contribution in [3.63, 3.8) is 0 Å². The fraction of sp³-hybridized carbons (Fsp3) is 0.222. The van der Waals surface area contributed by atoms with Crippen molar-refractivity contribution in [2.24, 2.45) is 0 Å². The summed E-state index contributed by atoms with van der Waals surface area (Å²) < 4.78 is 0. The molecule has 0 bridgehead atoms. The number of aromatic nitrogens is 1. The van der Waals surface area contributed by atoms with Crippen LogP contribution in [0.15, 0.2) is 24.9 Å². The quantitative estimate of drug-likeness (QED) is 0.639. The van der Waals surface area contributed by atoms with E-state index >= 15 is 0 Å². The van der Waals surface area contributed by atoms with E-state index in [1.54, 1.807) is 6.08 Å². The Hall–Kier alpha value is -1.15. The molecule has 0 radical (unpaired) electrons. The maximum absolute atomic E-state index is 4.28. The van der Waals surface area contributed by atoms with Crippen LogP contribution in [0.2, 0.25) is 0 Å². The fourth-order valence-electron chi connectivity index (χ4n) is 1.01. The Morgan fingerprint density at radius 2 is 2.45 bits per heavy atom. The molecule has 56 valence electrons. The maximum Gasteiger partial charge on any atom is 0.0622 e. The average Bonchev–Trinajstić information content (AvgIpc) is 2.87. The van der Waals surface area contributed by atoms with E-state index in [0.29, 0.717) is 6.04 Å². The molecule has 0 unspecified atom stereocenters. The molecule has 1 fully saturated rings. The van der Waals surface area contributed by atoms with Crippen LogP contribution in [0, 0.1) is 0 Å². The molecule has 11 heavy (non-hydrogen) atoms. The van der Waals surface area contributed by atoms with Gasteiger partial charge in [-0.1, -0.05) is 18.7 Å². The van der Waals surface area contributed by atoms with Gasteiger partial charge in [0.25, 0.3) is 0 Å². The van der Waals surface area contributed by atoms with Crippen molar-refractivity contribution >= 4 is 6.08 Å². The van der Waals surface area contributed by atoms with E-state index in [9.17, 15) is 0 Å². The lowest BCUT2D eigenvalue weighted by Crippen LogP contribution is -1.88. The molecule has 2 rings (SSSR count). The summed E-state index contributed by atoms with van der Waals surface area (Å²) >= 11 is 0. The molecule has 0 amide bonds. The second kappa shape index (κ2) is 2.47. The average molecular weight is 146 g/mol. The zero-order valence-corrected chi connectivity index (χ0v) is 6.25. The third-order valence-corrected chi connectivity index (χ3v) is 1.81. The van der Waals surface area contributed by atoms with Crippen LogP contribution < -0.4 is 5.32 Å². The Kier molecular flexibility index (Phi) is 1.47. The van der Waals surface area contributed by atoms with Crippen molar-refractivity contribution in [3.8, 4) is 0 Å². The first-order chi connectivity index (χ1) is 5.40. The normalized spacial score (nSPS) is 21.3. The number of pyridine rings is 1. The largest absolute Gasteiger partial charge is 0.306 e. The van der Waals surface area contributed by atoms with E-state index in [2.05, 4.69) is 16.9 Å². The van der Waals surface area contributed by atoms with E-state index in [0.717, 1.165) is 17.8 Å². The highest BCUT2D eigenvalue weighted by atomic mass is 15.1. The summed E-state index contributed by atoms with van der Waals surface area (Å²) in [5, 5.41) is 3.20. The van der Waals surface area contributed by atoms with Crippen LogP contribution in [0.3, 0.4) is 0 Å². The number of hydrogen-bond acceptors (Lipinski definition) is 2. The molecule has 2 heteroatoms. The highest BCUT2D eigenvalue weighted by molar-refractivity contribution is 5.45. The van der Waals surface area contributed by atoms with Crippen LogP contribution in [0.1, 0.15) is 17.3 Å². The molecule has 1 aromatic rings. The van der Waals surface area contributed by atoms with Crippen molar-refractivity contribution in [1.82, 2.24) is 10.3 Å². The Morgan fingerprint density at radius 1 is 1.64 bits per heavy atom. The van der Waals surface area contributed by atoms with Gasteiger partial charge in [0.1, 0.15) is 0 Å². The van der Waals surface area contributed by atoms with Crippen molar-refractivity contribution < 1.29 is 0 Å². The Morgan fingerprint density at radius 3 is 2.91 bits per heavy atom. The van der Waals surface area contributed by atoms with Gasteiger partial charge in [-0.15, -0.1) is 0 Å². The minimum atomic E-state index is 0.508. The van der Waals surface area contributed by atoms with Gasteiger partial charge in [-0.25, -0.2) is 0 Å². The van der Waals surface area contributed by atoms with E-state index in [4.69, 9.17) is 0 Å². The van der Waals surface area contributed by atoms with Gasteiger partial charge in [0, 0.05) is 12.7 Å². The summed E-state index contributed by atoms with van der Waals surface area (Å²) in [5.74, 6) is 0. The summed E-state index contributed by atoms with van der Waals surface area (Å²) in [6, 6.07) is 4.59. The van der Waals surface area contributed by atoms with Gasteiger partial charge < -0.3 is 5.32 Å². The number of nitrogens with one attached hydrogen (secondary N) is 1. The van der Waals surface area contributed by atoms with E-state index < -0.39 is 0 Å². The molecule has 1 aliphatic rings. The van der Waals surface area contributed by atoms with Gasteiger partial charge in [-0.3, -0.25) is 4.98 Å². The highest BCUT2D eigenvalue weighted by Gasteiger charge is 2.22. The van der Waals surface area contributed by atoms with Crippen LogP contribution >= 0.6 is 0 Å². The molecular formula is C9H10N2. The minimum Gasteiger partial charge on any atom is -0.306 e. The number of nitrogens with zero attached hydrogens (tertiary/aromatic N) is 1. The van der Waals surface area contributed by atoms with Crippen LogP contribution in [0.5, 0.6) is 0 Å². The standard InChI is InChI=1S/C9H10N2/c1-2-7-3-4-8(10-5-7)9-6-11-9/h2-5,9,11H,1,6H2/t9-/m0/s1. The van der Waals surface area contributed by atoms with E-state index in [1.165, 1.54) is 0 Å². The number of rotatable bonds is 2. The van der Waals surface area contributed by atoms with Crippen molar-refractivity contribution in [2.45, 2.75) is 6.04 Å².